The highest BCUT2D eigenvalue weighted by atomic mass is 16.4. The number of unbranched alkanes of at least 4 members (excludes halogenated alkanes) is 1. The summed E-state index contributed by atoms with van der Waals surface area (Å²) in [5.41, 5.74) is 3.34. The van der Waals surface area contributed by atoms with Crippen LogP contribution in [0.5, 0.6) is 0 Å². The zero-order valence-electron chi connectivity index (χ0n) is 16.7. The molecule has 0 spiro atoms. The zero-order valence-corrected chi connectivity index (χ0v) is 16.7. The SMILES string of the molecule is O=C(O)C=CC(=O)O.c1cc2c3c(cccc3c1)C(NCCCCc1cnccn1)=N2. The van der Waals surface area contributed by atoms with Gasteiger partial charge in [-0.1, -0.05) is 30.3 Å². The average molecular weight is 418 g/mol. The number of aryl methyl sites for hydroxylation is 1. The molecule has 4 rings (SSSR count). The van der Waals surface area contributed by atoms with E-state index in [0.29, 0.717) is 12.2 Å². The molecule has 0 aliphatic carbocycles. The van der Waals surface area contributed by atoms with Gasteiger partial charge in [0.1, 0.15) is 5.84 Å². The van der Waals surface area contributed by atoms with E-state index in [-0.39, 0.29) is 0 Å². The highest BCUT2D eigenvalue weighted by Crippen LogP contribution is 2.34. The van der Waals surface area contributed by atoms with E-state index in [1.807, 2.05) is 6.20 Å². The normalized spacial score (nSPS) is 11.7. The topological polar surface area (TPSA) is 125 Å². The Morgan fingerprint density at radius 3 is 2.39 bits per heavy atom. The maximum atomic E-state index is 9.55. The molecule has 0 unspecified atom stereocenters. The number of carbonyl (C=O) groups is 2. The van der Waals surface area contributed by atoms with Crippen LogP contribution in [0.2, 0.25) is 0 Å². The molecule has 0 bridgehead atoms. The van der Waals surface area contributed by atoms with E-state index in [1.165, 1.54) is 16.3 Å². The Bertz CT molecular complexity index is 1110. The van der Waals surface area contributed by atoms with Crippen LogP contribution in [0.4, 0.5) is 5.69 Å². The second-order valence-electron chi connectivity index (χ2n) is 6.73. The number of hydrogen-bond acceptors (Lipinski definition) is 6. The van der Waals surface area contributed by atoms with Gasteiger partial charge in [0, 0.05) is 48.2 Å². The van der Waals surface area contributed by atoms with E-state index >= 15 is 0 Å². The van der Waals surface area contributed by atoms with Gasteiger partial charge in [0.2, 0.25) is 0 Å². The first-order chi connectivity index (χ1) is 15.0. The molecule has 2 heterocycles. The summed E-state index contributed by atoms with van der Waals surface area (Å²) in [7, 11) is 0. The third kappa shape index (κ3) is 6.20. The smallest absolute Gasteiger partial charge is 0.328 e. The van der Waals surface area contributed by atoms with Crippen molar-refractivity contribution in [3.05, 3.63) is 78.4 Å². The molecule has 0 saturated heterocycles. The minimum Gasteiger partial charge on any atom is -0.478 e. The van der Waals surface area contributed by atoms with E-state index < -0.39 is 11.9 Å². The Kier molecular flexibility index (Phi) is 7.42. The molecule has 2 aromatic carbocycles. The molecule has 1 aliphatic heterocycles. The molecular weight excluding hydrogens is 396 g/mol. The zero-order chi connectivity index (χ0) is 22.1. The minimum atomic E-state index is -1.26. The molecule has 158 valence electrons. The first-order valence-corrected chi connectivity index (χ1v) is 9.78. The molecular formula is C23H22N4O4. The van der Waals surface area contributed by atoms with Crippen molar-refractivity contribution in [2.45, 2.75) is 19.3 Å². The summed E-state index contributed by atoms with van der Waals surface area (Å²) in [6.07, 6.45) is 9.56. The second kappa shape index (κ2) is 10.6. The maximum absolute atomic E-state index is 9.55. The quantitative estimate of drug-likeness (QED) is 0.397. The third-order valence-corrected chi connectivity index (χ3v) is 4.51. The van der Waals surface area contributed by atoms with Crippen molar-refractivity contribution >= 4 is 34.2 Å². The monoisotopic (exact) mass is 418 g/mol. The van der Waals surface area contributed by atoms with Gasteiger partial charge in [-0.25, -0.2) is 14.6 Å². The van der Waals surface area contributed by atoms with Gasteiger partial charge in [-0.3, -0.25) is 9.97 Å². The van der Waals surface area contributed by atoms with Gasteiger partial charge < -0.3 is 15.5 Å². The number of hydrogen-bond donors (Lipinski definition) is 3. The molecule has 31 heavy (non-hydrogen) atoms. The lowest BCUT2D eigenvalue weighted by Crippen LogP contribution is -2.24. The number of carboxylic acid groups (broad SMARTS) is 2. The van der Waals surface area contributed by atoms with Crippen molar-refractivity contribution in [1.82, 2.24) is 15.3 Å². The molecule has 3 N–H and O–H groups in total. The van der Waals surface area contributed by atoms with Gasteiger partial charge in [0.15, 0.2) is 0 Å². The van der Waals surface area contributed by atoms with Gasteiger partial charge in [0.25, 0.3) is 0 Å². The molecule has 1 aliphatic rings. The lowest BCUT2D eigenvalue weighted by Gasteiger charge is -2.07. The highest BCUT2D eigenvalue weighted by Gasteiger charge is 2.17. The number of benzene rings is 2. The van der Waals surface area contributed by atoms with Crippen molar-refractivity contribution in [1.29, 1.82) is 0 Å². The van der Waals surface area contributed by atoms with Crippen LogP contribution in [-0.4, -0.2) is 44.5 Å². The van der Waals surface area contributed by atoms with Crippen molar-refractivity contribution in [3.8, 4) is 0 Å². The third-order valence-electron chi connectivity index (χ3n) is 4.51. The average Bonchev–Trinajstić information content (AvgIpc) is 3.13. The maximum Gasteiger partial charge on any atom is 0.328 e. The van der Waals surface area contributed by atoms with Gasteiger partial charge >= 0.3 is 11.9 Å². The fourth-order valence-corrected chi connectivity index (χ4v) is 3.17. The van der Waals surface area contributed by atoms with E-state index in [9.17, 15) is 9.59 Å². The molecule has 0 radical (unpaired) electrons. The van der Waals surface area contributed by atoms with Crippen molar-refractivity contribution in [2.24, 2.45) is 4.99 Å². The Balaban J connectivity index is 0.000000293. The van der Waals surface area contributed by atoms with Crippen molar-refractivity contribution in [3.63, 3.8) is 0 Å². The Morgan fingerprint density at radius 1 is 0.968 bits per heavy atom. The van der Waals surface area contributed by atoms with Crippen LogP contribution in [0.1, 0.15) is 24.1 Å². The summed E-state index contributed by atoms with van der Waals surface area (Å²) in [6.45, 7) is 0.920. The van der Waals surface area contributed by atoms with Crippen LogP contribution in [0.3, 0.4) is 0 Å². The van der Waals surface area contributed by atoms with Crippen LogP contribution >= 0.6 is 0 Å². The summed E-state index contributed by atoms with van der Waals surface area (Å²) < 4.78 is 0. The molecule has 8 heteroatoms. The predicted octanol–water partition coefficient (Wildman–Crippen LogP) is 3.35. The number of nitrogens with zero attached hydrogens (tertiary/aromatic N) is 3. The summed E-state index contributed by atoms with van der Waals surface area (Å²) in [5.74, 6) is -1.52. The second-order valence-corrected chi connectivity index (χ2v) is 6.73. The molecule has 1 aromatic heterocycles. The first kappa shape index (κ1) is 21.6. The van der Waals surface area contributed by atoms with E-state index in [4.69, 9.17) is 15.2 Å². The summed E-state index contributed by atoms with van der Waals surface area (Å²) >= 11 is 0. The summed E-state index contributed by atoms with van der Waals surface area (Å²) in [5, 5.41) is 21.6. The Labute approximate surface area is 179 Å². The number of nitrogens with one attached hydrogen (secondary N) is 1. The molecule has 0 saturated carbocycles. The molecule has 8 nitrogen and oxygen atoms in total. The lowest BCUT2D eigenvalue weighted by atomic mass is 10.0. The lowest BCUT2D eigenvalue weighted by molar-refractivity contribution is -0.134. The van der Waals surface area contributed by atoms with Crippen molar-refractivity contribution in [2.75, 3.05) is 6.54 Å². The van der Waals surface area contributed by atoms with Crippen molar-refractivity contribution < 1.29 is 19.8 Å². The van der Waals surface area contributed by atoms with Crippen LogP contribution in [-0.2, 0) is 16.0 Å². The van der Waals surface area contributed by atoms with Crippen LogP contribution in [0.15, 0.2) is 72.1 Å². The summed E-state index contributed by atoms with van der Waals surface area (Å²) in [4.78, 5) is 32.2. The van der Waals surface area contributed by atoms with Crippen LogP contribution < -0.4 is 5.32 Å². The van der Waals surface area contributed by atoms with Gasteiger partial charge in [-0.2, -0.15) is 0 Å². The molecule has 0 fully saturated rings. The number of aliphatic imine (C=N–C) groups is 1. The van der Waals surface area contributed by atoms with Gasteiger partial charge in [-0.15, -0.1) is 0 Å². The van der Waals surface area contributed by atoms with E-state index in [1.54, 1.807) is 12.4 Å². The summed E-state index contributed by atoms with van der Waals surface area (Å²) in [6, 6.07) is 12.7. The number of aromatic nitrogens is 2. The van der Waals surface area contributed by atoms with Gasteiger partial charge in [0.05, 0.1) is 11.4 Å². The van der Waals surface area contributed by atoms with Gasteiger partial charge in [-0.05, 0) is 30.7 Å². The van der Waals surface area contributed by atoms with Crippen LogP contribution in [0.25, 0.3) is 10.8 Å². The standard InChI is InChI=1S/C19H18N4.C4H4O4/c1(7-15-13-20-11-12-21-15)2-10-22-19-16-8-3-5-14-6-4-9-17(23-19)18(14)16;5-3(6)1-2-4(7)8/h3-6,8-9,11-13H,1-2,7,10H2,(H,22,23);1-2H,(H,5,6)(H,7,8). The van der Waals surface area contributed by atoms with E-state index in [2.05, 4.69) is 51.7 Å². The number of amidine groups is 1. The minimum absolute atomic E-state index is 0.558. The number of carboxylic acids is 2. The fourth-order valence-electron chi connectivity index (χ4n) is 3.17. The molecule has 0 atom stereocenters. The largest absolute Gasteiger partial charge is 0.478 e. The fraction of sp³-hybridized carbons (Fsp3) is 0.174. The molecule has 0 amide bonds. The highest BCUT2D eigenvalue weighted by molar-refractivity contribution is 6.18. The van der Waals surface area contributed by atoms with E-state index in [0.717, 1.165) is 43.0 Å². The predicted molar refractivity (Wildman–Crippen MR) is 118 cm³/mol. The van der Waals surface area contributed by atoms with Crippen LogP contribution in [0, 0.1) is 0 Å². The first-order valence-electron chi connectivity index (χ1n) is 9.78. The number of aliphatic carboxylic acids is 2. The Morgan fingerprint density at radius 2 is 1.71 bits per heavy atom. The Hall–Kier alpha value is -4.07. The molecule has 3 aromatic rings. The number of rotatable bonds is 7.